The van der Waals surface area contributed by atoms with E-state index in [-0.39, 0.29) is 12.3 Å². The zero-order valence-electron chi connectivity index (χ0n) is 13.8. The Kier molecular flexibility index (Phi) is 4.65. The summed E-state index contributed by atoms with van der Waals surface area (Å²) in [5.41, 5.74) is 3.57. The van der Waals surface area contributed by atoms with Crippen molar-refractivity contribution in [3.05, 3.63) is 0 Å². The Hall–Kier alpha value is -2.20. The summed E-state index contributed by atoms with van der Waals surface area (Å²) in [6.45, 7) is 2.88. The average molecular weight is 356 g/mol. The largest absolute Gasteiger partial charge is 0.390 e. The lowest BCUT2D eigenvalue weighted by atomic mass is 10.0. The second kappa shape index (κ2) is 6.60. The summed E-state index contributed by atoms with van der Waals surface area (Å²) >= 11 is 0. The first kappa shape index (κ1) is 17.6. The Bertz CT molecular complexity index is 602. The number of ether oxygens (including phenoxy) is 2. The van der Waals surface area contributed by atoms with Crippen molar-refractivity contribution in [2.24, 2.45) is 5.73 Å². The molecule has 3 saturated heterocycles. The van der Waals surface area contributed by atoms with Gasteiger partial charge in [-0.25, -0.2) is 19.4 Å². The van der Waals surface area contributed by atoms with Crippen LogP contribution in [0.3, 0.4) is 0 Å². The maximum Gasteiger partial charge on any atom is 0.390 e. The lowest BCUT2D eigenvalue weighted by Gasteiger charge is -2.25. The summed E-state index contributed by atoms with van der Waals surface area (Å²) in [5, 5.41) is 0. The number of hydrogen-bond donors (Lipinski definition) is 1. The number of nitrogens with two attached hydrogens (primary N) is 1. The molecular weight excluding hydrogens is 336 g/mol. The lowest BCUT2D eigenvalue weighted by molar-refractivity contribution is -0.263. The minimum atomic E-state index is -1.51. The molecule has 0 bridgehead atoms. The van der Waals surface area contributed by atoms with Gasteiger partial charge in [0.1, 0.15) is 0 Å². The Morgan fingerprint density at radius 1 is 1.12 bits per heavy atom. The van der Waals surface area contributed by atoms with E-state index in [2.05, 4.69) is 9.78 Å². The third-order valence-corrected chi connectivity index (χ3v) is 4.66. The van der Waals surface area contributed by atoms with E-state index in [9.17, 15) is 19.2 Å². The van der Waals surface area contributed by atoms with Crippen molar-refractivity contribution in [3.8, 4) is 0 Å². The number of carbonyl (C=O) groups is 4. The standard InChI is InChI=1S/C15H20N2O8/c1-2-15(10(23-15)11(16)18)14(21)25-24-13(20)9-8(22-9)12(19)17-6-4-3-5-7-17/h8-10H,2-7H2,1H3,(H2,16,18). The van der Waals surface area contributed by atoms with Crippen LogP contribution in [0.2, 0.25) is 0 Å². The number of piperidine rings is 1. The van der Waals surface area contributed by atoms with Crippen molar-refractivity contribution in [1.82, 2.24) is 4.90 Å². The molecule has 10 nitrogen and oxygen atoms in total. The number of nitrogens with zero attached hydrogens (tertiary/aromatic N) is 1. The van der Waals surface area contributed by atoms with E-state index in [0.717, 1.165) is 19.3 Å². The number of carbonyl (C=O) groups excluding carboxylic acids is 4. The first-order valence-electron chi connectivity index (χ1n) is 8.25. The normalized spacial score (nSPS) is 33.3. The van der Waals surface area contributed by atoms with E-state index in [1.807, 2.05) is 0 Å². The highest BCUT2D eigenvalue weighted by molar-refractivity contribution is 5.96. The van der Waals surface area contributed by atoms with E-state index < -0.39 is 41.8 Å². The molecule has 4 atom stereocenters. The Labute approximate surface area is 143 Å². The van der Waals surface area contributed by atoms with E-state index in [0.29, 0.717) is 13.1 Å². The molecular formula is C15H20N2O8. The molecule has 3 fully saturated rings. The second-order valence-electron chi connectivity index (χ2n) is 6.28. The Morgan fingerprint density at radius 2 is 1.80 bits per heavy atom. The predicted molar refractivity (Wildman–Crippen MR) is 78.4 cm³/mol. The van der Waals surface area contributed by atoms with Crippen LogP contribution in [0.5, 0.6) is 0 Å². The van der Waals surface area contributed by atoms with Crippen molar-refractivity contribution in [3.63, 3.8) is 0 Å². The van der Waals surface area contributed by atoms with Gasteiger partial charge in [0.2, 0.25) is 11.5 Å². The first-order chi connectivity index (χ1) is 11.9. The molecule has 0 saturated carbocycles. The third-order valence-electron chi connectivity index (χ3n) is 4.66. The van der Waals surface area contributed by atoms with Crippen LogP contribution in [0.15, 0.2) is 0 Å². The summed E-state index contributed by atoms with van der Waals surface area (Å²) in [5.74, 6) is -3.07. The molecule has 3 aliphatic heterocycles. The lowest BCUT2D eigenvalue weighted by Crippen LogP contribution is -2.39. The molecule has 0 radical (unpaired) electrons. The van der Waals surface area contributed by atoms with Crippen LogP contribution in [-0.4, -0.2) is 65.7 Å². The quantitative estimate of drug-likeness (QED) is 0.368. The molecule has 3 aliphatic rings. The summed E-state index contributed by atoms with van der Waals surface area (Å²) in [4.78, 5) is 57.5. The first-order valence-corrected chi connectivity index (χ1v) is 8.25. The highest BCUT2D eigenvalue weighted by Crippen LogP contribution is 2.41. The van der Waals surface area contributed by atoms with Gasteiger partial charge < -0.3 is 20.1 Å². The molecule has 10 heteroatoms. The monoisotopic (exact) mass is 356 g/mol. The van der Waals surface area contributed by atoms with Gasteiger partial charge in [-0.2, -0.15) is 0 Å². The van der Waals surface area contributed by atoms with Gasteiger partial charge >= 0.3 is 11.9 Å². The smallest absolute Gasteiger partial charge is 0.367 e. The number of primary amides is 1. The zero-order valence-corrected chi connectivity index (χ0v) is 13.8. The van der Waals surface area contributed by atoms with Gasteiger partial charge in [-0.3, -0.25) is 9.59 Å². The van der Waals surface area contributed by atoms with Gasteiger partial charge in [-0.05, 0) is 25.7 Å². The highest BCUT2D eigenvalue weighted by Gasteiger charge is 2.67. The fourth-order valence-electron chi connectivity index (χ4n) is 3.00. The SMILES string of the molecule is CCC1(C(=O)OOC(=O)C2OC2C(=O)N2CCCCC2)OC1C(N)=O. The number of hydrogen-bond acceptors (Lipinski definition) is 8. The molecule has 0 aromatic carbocycles. The summed E-state index contributed by atoms with van der Waals surface area (Å²) < 4.78 is 10.0. The minimum absolute atomic E-state index is 0.132. The van der Waals surface area contributed by atoms with Crippen LogP contribution < -0.4 is 5.73 Å². The van der Waals surface area contributed by atoms with E-state index in [1.165, 1.54) is 0 Å². The van der Waals surface area contributed by atoms with Crippen molar-refractivity contribution < 1.29 is 38.4 Å². The van der Waals surface area contributed by atoms with E-state index in [4.69, 9.17) is 15.2 Å². The van der Waals surface area contributed by atoms with Crippen molar-refractivity contribution >= 4 is 23.8 Å². The average Bonchev–Trinajstić information content (AvgIpc) is 3.52. The van der Waals surface area contributed by atoms with Gasteiger partial charge in [0.15, 0.2) is 18.3 Å². The molecule has 3 rings (SSSR count). The van der Waals surface area contributed by atoms with Crippen LogP contribution in [0, 0.1) is 0 Å². The molecule has 0 aromatic heterocycles. The Morgan fingerprint density at radius 3 is 2.36 bits per heavy atom. The maximum absolute atomic E-state index is 12.2. The molecule has 2 N–H and O–H groups in total. The van der Waals surface area contributed by atoms with Gasteiger partial charge in [0.05, 0.1) is 0 Å². The van der Waals surface area contributed by atoms with Gasteiger partial charge in [0.25, 0.3) is 5.91 Å². The number of epoxide rings is 2. The fourth-order valence-corrected chi connectivity index (χ4v) is 3.00. The topological polar surface area (TPSA) is 141 Å². The summed E-state index contributed by atoms with van der Waals surface area (Å²) in [7, 11) is 0. The number of likely N-dealkylation sites (tertiary alicyclic amines) is 1. The van der Waals surface area contributed by atoms with Crippen LogP contribution in [0.4, 0.5) is 0 Å². The van der Waals surface area contributed by atoms with Crippen LogP contribution >= 0.6 is 0 Å². The third kappa shape index (κ3) is 3.31. The molecule has 0 aliphatic carbocycles. The van der Waals surface area contributed by atoms with Gasteiger partial charge in [-0.1, -0.05) is 6.92 Å². The van der Waals surface area contributed by atoms with Crippen molar-refractivity contribution in [1.29, 1.82) is 0 Å². The molecule has 138 valence electrons. The second-order valence-corrected chi connectivity index (χ2v) is 6.28. The van der Waals surface area contributed by atoms with Gasteiger partial charge in [0, 0.05) is 13.1 Å². The van der Waals surface area contributed by atoms with Crippen LogP contribution in [0.1, 0.15) is 32.6 Å². The van der Waals surface area contributed by atoms with Crippen molar-refractivity contribution in [2.45, 2.75) is 56.5 Å². The number of rotatable bonds is 5. The fraction of sp³-hybridized carbons (Fsp3) is 0.733. The predicted octanol–water partition coefficient (Wildman–Crippen LogP) is -1.20. The maximum atomic E-state index is 12.2. The number of amides is 2. The van der Waals surface area contributed by atoms with Crippen molar-refractivity contribution in [2.75, 3.05) is 13.1 Å². The Balaban J connectivity index is 1.45. The molecule has 25 heavy (non-hydrogen) atoms. The molecule has 2 amide bonds. The van der Waals surface area contributed by atoms with Crippen LogP contribution in [0.25, 0.3) is 0 Å². The molecule has 0 spiro atoms. The molecule has 0 aromatic rings. The minimum Gasteiger partial charge on any atom is -0.367 e. The summed E-state index contributed by atoms with van der Waals surface area (Å²) in [6.07, 6.45) is -0.0467. The van der Waals surface area contributed by atoms with E-state index in [1.54, 1.807) is 11.8 Å². The molecule has 4 unspecified atom stereocenters. The zero-order chi connectivity index (χ0) is 18.2. The molecule has 3 heterocycles. The highest BCUT2D eigenvalue weighted by atomic mass is 17.2. The van der Waals surface area contributed by atoms with E-state index >= 15 is 0 Å². The summed E-state index contributed by atoms with van der Waals surface area (Å²) in [6, 6.07) is 0. The van der Waals surface area contributed by atoms with Crippen LogP contribution in [-0.2, 0) is 38.4 Å². The van der Waals surface area contributed by atoms with Gasteiger partial charge in [-0.15, -0.1) is 0 Å².